The van der Waals surface area contributed by atoms with Crippen molar-refractivity contribution in [3.8, 4) is 39.9 Å². The summed E-state index contributed by atoms with van der Waals surface area (Å²) < 4.78 is 30.0. The van der Waals surface area contributed by atoms with Crippen LogP contribution in [0.5, 0.6) is 28.7 Å². The van der Waals surface area contributed by atoms with Gasteiger partial charge in [-0.15, -0.1) is 0 Å². The van der Waals surface area contributed by atoms with Gasteiger partial charge >= 0.3 is 0 Å². The van der Waals surface area contributed by atoms with Crippen LogP contribution in [0.25, 0.3) is 54.7 Å². The van der Waals surface area contributed by atoms with Crippen molar-refractivity contribution in [1.82, 2.24) is 9.97 Å². The van der Waals surface area contributed by atoms with Crippen LogP contribution < -0.4 is 23.7 Å². The molecule has 2 aromatic heterocycles. The molecule has 0 fully saturated rings. The first kappa shape index (κ1) is 24.8. The monoisotopic (exact) mass is 638 g/mol. The van der Waals surface area contributed by atoms with Crippen molar-refractivity contribution in [3.05, 3.63) is 51.4 Å². The van der Waals surface area contributed by atoms with Gasteiger partial charge in [0, 0.05) is 38.1 Å². The van der Waals surface area contributed by atoms with Gasteiger partial charge in [0.15, 0.2) is 11.5 Å². The Morgan fingerprint density at radius 1 is 0.526 bits per heavy atom. The Kier molecular flexibility index (Phi) is 6.07. The van der Waals surface area contributed by atoms with Crippen molar-refractivity contribution in [2.75, 3.05) is 35.5 Å². The Bertz CT molecular complexity index is 1860. The van der Waals surface area contributed by atoms with Gasteiger partial charge in [-0.05, 0) is 85.5 Å². The second-order valence-electron chi connectivity index (χ2n) is 8.83. The third-order valence-electron chi connectivity index (χ3n) is 6.95. The number of ether oxygens (including phenoxy) is 5. The standard InChI is InChI=1S/C29H24Br2N2O5/c1-34-22-9-15-20(12-18(22)31)33-28-26(15)14(13-6-24(36-3)29(38-5)25(7-13)37-4)8-21-27(28)16-10-23(35-2)17(30)11-19(16)32-21/h6-12,32-33H,1-5H3. The van der Waals surface area contributed by atoms with Gasteiger partial charge in [0.2, 0.25) is 5.75 Å². The highest BCUT2D eigenvalue weighted by molar-refractivity contribution is 9.11. The van der Waals surface area contributed by atoms with Gasteiger partial charge in [-0.2, -0.15) is 0 Å². The van der Waals surface area contributed by atoms with Crippen molar-refractivity contribution >= 4 is 75.5 Å². The van der Waals surface area contributed by atoms with Crippen molar-refractivity contribution in [2.24, 2.45) is 0 Å². The van der Waals surface area contributed by atoms with Crippen LogP contribution in [0.2, 0.25) is 0 Å². The van der Waals surface area contributed by atoms with Crippen LogP contribution in [0.1, 0.15) is 0 Å². The van der Waals surface area contributed by atoms with E-state index in [0.29, 0.717) is 17.2 Å². The summed E-state index contributed by atoms with van der Waals surface area (Å²) >= 11 is 7.26. The lowest BCUT2D eigenvalue weighted by Gasteiger charge is -2.15. The zero-order valence-electron chi connectivity index (χ0n) is 21.3. The number of H-pyrrole nitrogens is 2. The molecule has 38 heavy (non-hydrogen) atoms. The van der Waals surface area contributed by atoms with Crippen molar-refractivity contribution < 1.29 is 23.7 Å². The largest absolute Gasteiger partial charge is 0.496 e. The number of aromatic amines is 2. The predicted octanol–water partition coefficient (Wildman–Crippen LogP) is 8.19. The summed E-state index contributed by atoms with van der Waals surface area (Å²) in [6.45, 7) is 0. The van der Waals surface area contributed by atoms with E-state index in [9.17, 15) is 0 Å². The summed E-state index contributed by atoms with van der Waals surface area (Å²) in [6.07, 6.45) is 0. The Morgan fingerprint density at radius 2 is 1.05 bits per heavy atom. The fourth-order valence-electron chi connectivity index (χ4n) is 5.25. The molecule has 0 spiro atoms. The lowest BCUT2D eigenvalue weighted by atomic mass is 9.96. The van der Waals surface area contributed by atoms with E-state index in [1.165, 1.54) is 0 Å². The number of hydrogen-bond donors (Lipinski definition) is 2. The maximum atomic E-state index is 5.68. The van der Waals surface area contributed by atoms with Crippen LogP contribution in [-0.4, -0.2) is 45.5 Å². The molecule has 2 heterocycles. The average Bonchev–Trinajstić information content (AvgIpc) is 3.47. The van der Waals surface area contributed by atoms with E-state index in [4.69, 9.17) is 23.7 Å². The first-order valence-electron chi connectivity index (χ1n) is 11.7. The number of benzene rings is 4. The third kappa shape index (κ3) is 3.60. The molecule has 4 aromatic carbocycles. The Balaban J connectivity index is 1.81. The minimum atomic E-state index is 0.545. The predicted molar refractivity (Wildman–Crippen MR) is 159 cm³/mol. The number of fused-ring (bicyclic) bond motifs is 7. The molecule has 0 unspecified atom stereocenters. The van der Waals surface area contributed by atoms with E-state index in [-0.39, 0.29) is 0 Å². The van der Waals surface area contributed by atoms with Crippen molar-refractivity contribution in [2.45, 2.75) is 0 Å². The fraction of sp³-hybridized carbons (Fsp3) is 0.172. The number of rotatable bonds is 6. The van der Waals surface area contributed by atoms with E-state index in [1.807, 2.05) is 24.3 Å². The molecule has 7 nitrogen and oxygen atoms in total. The number of hydrogen-bond acceptors (Lipinski definition) is 5. The maximum absolute atomic E-state index is 5.68. The summed E-state index contributed by atoms with van der Waals surface area (Å²) in [5, 5.41) is 4.21. The van der Waals surface area contributed by atoms with Gasteiger partial charge in [0.1, 0.15) is 11.5 Å². The van der Waals surface area contributed by atoms with Crippen LogP contribution in [0, 0.1) is 0 Å². The topological polar surface area (TPSA) is 77.7 Å². The minimum absolute atomic E-state index is 0.545. The lowest BCUT2D eigenvalue weighted by molar-refractivity contribution is 0.324. The summed E-state index contributed by atoms with van der Waals surface area (Å²) in [6, 6.07) is 14.3. The zero-order chi connectivity index (χ0) is 26.7. The van der Waals surface area contributed by atoms with E-state index < -0.39 is 0 Å². The molecule has 0 aliphatic heterocycles. The second-order valence-corrected chi connectivity index (χ2v) is 10.5. The molecular weight excluding hydrogens is 616 g/mol. The van der Waals surface area contributed by atoms with E-state index in [1.54, 1.807) is 35.5 Å². The highest BCUT2D eigenvalue weighted by Gasteiger charge is 2.22. The second kappa shape index (κ2) is 9.32. The molecule has 6 aromatic rings. The maximum Gasteiger partial charge on any atom is 0.203 e. The Morgan fingerprint density at radius 3 is 1.58 bits per heavy atom. The molecule has 194 valence electrons. The molecule has 0 aliphatic carbocycles. The van der Waals surface area contributed by atoms with Gasteiger partial charge in [-0.25, -0.2) is 0 Å². The molecule has 0 radical (unpaired) electrons. The zero-order valence-corrected chi connectivity index (χ0v) is 24.5. The molecule has 0 saturated heterocycles. The van der Waals surface area contributed by atoms with Crippen LogP contribution in [0.4, 0.5) is 0 Å². The smallest absolute Gasteiger partial charge is 0.203 e. The minimum Gasteiger partial charge on any atom is -0.496 e. The molecule has 9 heteroatoms. The molecule has 0 bridgehead atoms. The molecule has 0 amide bonds. The van der Waals surface area contributed by atoms with Crippen molar-refractivity contribution in [3.63, 3.8) is 0 Å². The quantitative estimate of drug-likeness (QED) is 0.192. The van der Waals surface area contributed by atoms with Crippen LogP contribution in [0.15, 0.2) is 51.4 Å². The normalized spacial score (nSPS) is 11.6. The molecule has 0 saturated carbocycles. The van der Waals surface area contributed by atoms with Gasteiger partial charge in [0.25, 0.3) is 0 Å². The van der Waals surface area contributed by atoms with Gasteiger partial charge in [-0.3, -0.25) is 0 Å². The van der Waals surface area contributed by atoms with Gasteiger partial charge in [0.05, 0.1) is 50.0 Å². The highest BCUT2D eigenvalue weighted by atomic mass is 79.9. The molecule has 6 rings (SSSR count). The average molecular weight is 640 g/mol. The number of nitrogens with one attached hydrogen (secondary N) is 2. The molecule has 2 N–H and O–H groups in total. The van der Waals surface area contributed by atoms with Crippen molar-refractivity contribution in [1.29, 1.82) is 0 Å². The van der Waals surface area contributed by atoms with Crippen LogP contribution in [-0.2, 0) is 0 Å². The molecule has 0 atom stereocenters. The number of methoxy groups -OCH3 is 5. The first-order chi connectivity index (χ1) is 18.4. The highest BCUT2D eigenvalue weighted by Crippen LogP contribution is 2.48. The Hall–Kier alpha value is -3.56. The Labute approximate surface area is 235 Å². The summed E-state index contributed by atoms with van der Waals surface area (Å²) in [7, 11) is 8.19. The van der Waals surface area contributed by atoms with Gasteiger partial charge < -0.3 is 33.7 Å². The number of halogens is 2. The molecule has 0 aliphatic rings. The van der Waals surface area contributed by atoms with E-state index in [2.05, 4.69) is 60.0 Å². The molecular formula is C29H24Br2N2O5. The van der Waals surface area contributed by atoms with E-state index >= 15 is 0 Å². The SMILES string of the molecule is COc1cc2c(cc1Br)[nH]c1c2c(-c2cc(OC)c(OC)c(OC)c2)cc2[nH]c3cc(Br)c(OC)cc3c21. The first-order valence-corrected chi connectivity index (χ1v) is 13.3. The summed E-state index contributed by atoms with van der Waals surface area (Å²) in [5.41, 5.74) is 5.87. The van der Waals surface area contributed by atoms with E-state index in [0.717, 1.165) is 75.2 Å². The number of aromatic nitrogens is 2. The van der Waals surface area contributed by atoms with Crippen LogP contribution in [0.3, 0.4) is 0 Å². The fourth-order valence-corrected chi connectivity index (χ4v) is 6.26. The third-order valence-corrected chi connectivity index (χ3v) is 8.19. The lowest BCUT2D eigenvalue weighted by Crippen LogP contribution is -1.96. The van der Waals surface area contributed by atoms with Gasteiger partial charge in [-0.1, -0.05) is 0 Å². The summed E-state index contributed by atoms with van der Waals surface area (Å²) in [4.78, 5) is 7.29. The summed E-state index contributed by atoms with van der Waals surface area (Å²) in [5.74, 6) is 3.23. The van der Waals surface area contributed by atoms with Crippen LogP contribution >= 0.6 is 31.9 Å².